The van der Waals surface area contributed by atoms with Gasteiger partial charge in [-0.2, -0.15) is 0 Å². The van der Waals surface area contributed by atoms with Gasteiger partial charge in [0.1, 0.15) is 6.61 Å². The predicted molar refractivity (Wildman–Crippen MR) is 172 cm³/mol. The molecule has 0 saturated carbocycles. The summed E-state index contributed by atoms with van der Waals surface area (Å²) in [5.41, 5.74) is 0. The van der Waals surface area contributed by atoms with Crippen LogP contribution in [0.25, 0.3) is 0 Å². The highest BCUT2D eigenvalue weighted by Gasteiger charge is 2.36. The van der Waals surface area contributed by atoms with Crippen molar-refractivity contribution in [2.75, 3.05) is 13.2 Å². The van der Waals surface area contributed by atoms with Crippen molar-refractivity contribution in [1.82, 2.24) is 0 Å². The van der Waals surface area contributed by atoms with E-state index in [9.17, 15) is 14.7 Å². The second kappa shape index (κ2) is 26.7. The molecule has 0 aromatic rings. The molecule has 0 aliphatic carbocycles. The van der Waals surface area contributed by atoms with Gasteiger partial charge in [0.25, 0.3) is 0 Å². The van der Waals surface area contributed by atoms with Crippen LogP contribution in [0.2, 0.25) is 0 Å². The number of rotatable bonds is 28. The predicted octanol–water partition coefficient (Wildman–Crippen LogP) is 8.96. The second-order valence-electron chi connectivity index (χ2n) is 12.1. The van der Waals surface area contributed by atoms with Gasteiger partial charge in [-0.3, -0.25) is 9.59 Å². The minimum Gasteiger partial charge on any atom is -0.462 e. The number of carbonyl (C=O) groups excluding carboxylic acids is 2. The molecular formula is C36H62O6. The molecule has 0 spiro atoms. The summed E-state index contributed by atoms with van der Waals surface area (Å²) in [6, 6.07) is 0. The molecule has 0 bridgehead atoms. The van der Waals surface area contributed by atoms with E-state index >= 15 is 0 Å². The smallest absolute Gasteiger partial charge is 0.306 e. The zero-order valence-electron chi connectivity index (χ0n) is 27.1. The Morgan fingerprint density at radius 1 is 0.762 bits per heavy atom. The van der Waals surface area contributed by atoms with Crippen LogP contribution >= 0.6 is 0 Å². The van der Waals surface area contributed by atoms with Crippen molar-refractivity contribution in [3.63, 3.8) is 0 Å². The van der Waals surface area contributed by atoms with E-state index in [1.54, 1.807) is 0 Å². The molecule has 1 rings (SSSR count). The Hall–Kier alpha value is -1.92. The van der Waals surface area contributed by atoms with Crippen LogP contribution in [0.5, 0.6) is 0 Å². The van der Waals surface area contributed by atoms with Gasteiger partial charge in [0.2, 0.25) is 0 Å². The van der Waals surface area contributed by atoms with E-state index < -0.39 is 6.10 Å². The molecule has 0 radical (unpaired) electrons. The van der Waals surface area contributed by atoms with Crippen LogP contribution in [0.1, 0.15) is 143 Å². The third-order valence-electron chi connectivity index (χ3n) is 7.54. The van der Waals surface area contributed by atoms with Gasteiger partial charge in [-0.05, 0) is 57.3 Å². The molecule has 1 aliphatic heterocycles. The van der Waals surface area contributed by atoms with Gasteiger partial charge in [0.05, 0.1) is 18.8 Å². The maximum Gasteiger partial charge on any atom is 0.306 e. The van der Waals surface area contributed by atoms with E-state index in [1.165, 1.54) is 57.8 Å². The molecule has 6 heteroatoms. The molecule has 242 valence electrons. The monoisotopic (exact) mass is 590 g/mol. The highest BCUT2D eigenvalue weighted by atomic mass is 16.6. The standard InChI is InChI=1S/C36H62O6/c1-4-5-6-7-8-9-10-11-12-15-18-21-25-33-34(42-33)26-23-28-36(39)41-32(29-37)30-40-35(38)27-22-19-16-13-14-17-20-24-31(2)3/h8-9,11-12,18,21,31-34,37H,4-7,10,13-17,19-20,22-30H2,1-3H3/b9-8-,12-11-,21-18-/t32-,33?,34?/m0/s1. The van der Waals surface area contributed by atoms with E-state index in [0.29, 0.717) is 12.8 Å². The third-order valence-corrected chi connectivity index (χ3v) is 7.54. The number of epoxide rings is 1. The zero-order valence-corrected chi connectivity index (χ0v) is 27.1. The summed E-state index contributed by atoms with van der Waals surface area (Å²) in [6.07, 6.45) is 32.3. The summed E-state index contributed by atoms with van der Waals surface area (Å²) in [7, 11) is 0. The average molecular weight is 591 g/mol. The number of ether oxygens (including phenoxy) is 3. The molecule has 1 fully saturated rings. The maximum atomic E-state index is 12.2. The fourth-order valence-electron chi connectivity index (χ4n) is 4.82. The van der Waals surface area contributed by atoms with Crippen molar-refractivity contribution in [2.24, 2.45) is 5.92 Å². The van der Waals surface area contributed by atoms with Gasteiger partial charge >= 0.3 is 11.9 Å². The van der Waals surface area contributed by atoms with E-state index in [4.69, 9.17) is 14.2 Å². The average Bonchev–Trinajstić information content (AvgIpc) is 3.72. The van der Waals surface area contributed by atoms with Gasteiger partial charge in [-0.25, -0.2) is 0 Å². The summed E-state index contributed by atoms with van der Waals surface area (Å²) < 4.78 is 16.2. The van der Waals surface area contributed by atoms with Gasteiger partial charge in [0.15, 0.2) is 6.10 Å². The van der Waals surface area contributed by atoms with E-state index in [1.807, 2.05) is 0 Å². The Morgan fingerprint density at radius 2 is 1.40 bits per heavy atom. The summed E-state index contributed by atoms with van der Waals surface area (Å²) >= 11 is 0. The number of esters is 2. The van der Waals surface area contributed by atoms with Crippen LogP contribution in [0.4, 0.5) is 0 Å². The number of carbonyl (C=O) groups is 2. The minimum absolute atomic E-state index is 0.0952. The van der Waals surface area contributed by atoms with Gasteiger partial charge in [-0.15, -0.1) is 0 Å². The van der Waals surface area contributed by atoms with Crippen LogP contribution < -0.4 is 0 Å². The Bertz CT molecular complexity index is 756. The van der Waals surface area contributed by atoms with Crippen LogP contribution in [0.15, 0.2) is 36.5 Å². The Kier molecular flexibility index (Phi) is 24.2. The maximum absolute atomic E-state index is 12.2. The van der Waals surface area contributed by atoms with Crippen molar-refractivity contribution in [3.05, 3.63) is 36.5 Å². The van der Waals surface area contributed by atoms with Crippen molar-refractivity contribution < 1.29 is 28.9 Å². The molecular weight excluding hydrogens is 528 g/mol. The first-order valence-electron chi connectivity index (χ1n) is 17.0. The van der Waals surface area contributed by atoms with Crippen molar-refractivity contribution in [3.8, 4) is 0 Å². The van der Waals surface area contributed by atoms with Gasteiger partial charge in [0, 0.05) is 12.8 Å². The van der Waals surface area contributed by atoms with Crippen LogP contribution in [0.3, 0.4) is 0 Å². The summed E-state index contributed by atoms with van der Waals surface area (Å²) in [4.78, 5) is 24.2. The molecule has 6 nitrogen and oxygen atoms in total. The van der Waals surface area contributed by atoms with Crippen LogP contribution in [-0.4, -0.2) is 48.6 Å². The summed E-state index contributed by atoms with van der Waals surface area (Å²) in [6.45, 7) is 6.31. The lowest BCUT2D eigenvalue weighted by molar-refractivity contribution is -0.161. The quantitative estimate of drug-likeness (QED) is 0.0424. The summed E-state index contributed by atoms with van der Waals surface area (Å²) in [5, 5.41) is 9.52. The van der Waals surface area contributed by atoms with Crippen LogP contribution in [0, 0.1) is 5.92 Å². The number of hydrogen-bond acceptors (Lipinski definition) is 6. The van der Waals surface area contributed by atoms with E-state index in [-0.39, 0.29) is 43.8 Å². The fraction of sp³-hybridized carbons (Fsp3) is 0.778. The first kappa shape index (κ1) is 38.1. The molecule has 0 aromatic heterocycles. The van der Waals surface area contributed by atoms with Crippen molar-refractivity contribution in [1.29, 1.82) is 0 Å². The van der Waals surface area contributed by atoms with Crippen molar-refractivity contribution >= 4 is 11.9 Å². The molecule has 3 atom stereocenters. The van der Waals surface area contributed by atoms with Gasteiger partial charge in [-0.1, -0.05) is 115 Å². The van der Waals surface area contributed by atoms with Gasteiger partial charge < -0.3 is 19.3 Å². The highest BCUT2D eigenvalue weighted by Crippen LogP contribution is 2.30. The Balaban J connectivity index is 1.99. The Morgan fingerprint density at radius 3 is 2.10 bits per heavy atom. The Labute approximate surface area is 257 Å². The topological polar surface area (TPSA) is 85.4 Å². The fourth-order valence-corrected chi connectivity index (χ4v) is 4.82. The van der Waals surface area contributed by atoms with Crippen molar-refractivity contribution in [2.45, 2.75) is 161 Å². The SMILES string of the molecule is CCCCC/C=C\C/C=C\C/C=C\CC1OC1CCCC(=O)O[C@@H](CO)COC(=O)CCCCCCCCCC(C)C. The summed E-state index contributed by atoms with van der Waals surface area (Å²) in [5.74, 6) is 0.112. The molecule has 0 amide bonds. The lowest BCUT2D eigenvalue weighted by atomic mass is 10.0. The molecule has 42 heavy (non-hydrogen) atoms. The second-order valence-corrected chi connectivity index (χ2v) is 12.1. The minimum atomic E-state index is -0.807. The van der Waals surface area contributed by atoms with E-state index in [2.05, 4.69) is 57.2 Å². The lowest BCUT2D eigenvalue weighted by Gasteiger charge is -2.15. The number of aliphatic hydroxyl groups is 1. The molecule has 1 N–H and O–H groups in total. The van der Waals surface area contributed by atoms with Crippen LogP contribution in [-0.2, 0) is 23.8 Å². The molecule has 1 aliphatic rings. The molecule has 1 heterocycles. The normalized spacial score (nSPS) is 17.5. The molecule has 0 aromatic carbocycles. The molecule has 1 saturated heterocycles. The third kappa shape index (κ3) is 23.6. The highest BCUT2D eigenvalue weighted by molar-refractivity contribution is 5.70. The van der Waals surface area contributed by atoms with E-state index in [0.717, 1.165) is 50.9 Å². The number of allylic oxidation sites excluding steroid dienone is 5. The number of aliphatic hydroxyl groups excluding tert-OH is 1. The number of hydrogen-bond donors (Lipinski definition) is 1. The first-order chi connectivity index (χ1) is 20.5. The lowest BCUT2D eigenvalue weighted by Crippen LogP contribution is -2.28. The largest absolute Gasteiger partial charge is 0.462 e. The first-order valence-corrected chi connectivity index (χ1v) is 17.0. The zero-order chi connectivity index (χ0) is 30.7. The molecule has 2 unspecified atom stereocenters. The number of unbranched alkanes of at least 4 members (excludes halogenated alkanes) is 9.